The summed E-state index contributed by atoms with van der Waals surface area (Å²) < 4.78 is 10.8. The molecule has 0 atom stereocenters. The highest BCUT2D eigenvalue weighted by Crippen LogP contribution is 2.24. The fourth-order valence-corrected chi connectivity index (χ4v) is 2.26. The molecule has 0 aliphatic rings. The molecule has 0 bridgehead atoms. The Morgan fingerprint density at radius 3 is 2.62 bits per heavy atom. The van der Waals surface area contributed by atoms with Crippen molar-refractivity contribution < 1.29 is 24.2 Å². The van der Waals surface area contributed by atoms with Crippen LogP contribution in [0.1, 0.15) is 15.9 Å². The van der Waals surface area contributed by atoms with Gasteiger partial charge in [-0.1, -0.05) is 22.0 Å². The molecule has 2 rings (SSSR count). The van der Waals surface area contributed by atoms with Crippen LogP contribution in [0.5, 0.6) is 11.5 Å². The summed E-state index contributed by atoms with van der Waals surface area (Å²) in [7, 11) is 1.44. The third-order valence-corrected chi connectivity index (χ3v) is 4.07. The number of aromatic hydroxyl groups is 1. The van der Waals surface area contributed by atoms with Gasteiger partial charge in [-0.2, -0.15) is 0 Å². The molecule has 6 nitrogen and oxygen atoms in total. The van der Waals surface area contributed by atoms with Crippen LogP contribution < -0.4 is 10.1 Å². The number of carbonyl (C=O) groups excluding carboxylic acids is 2. The molecule has 1 amide bonds. The second kappa shape index (κ2) is 7.83. The number of amides is 1. The minimum atomic E-state index is -0.813. The van der Waals surface area contributed by atoms with Crippen LogP contribution in [0.25, 0.3) is 0 Å². The number of nitrogens with one attached hydrogen (secondary N) is 1. The highest BCUT2D eigenvalue weighted by atomic mass is 79.9. The maximum atomic E-state index is 12.0. The smallest absolute Gasteiger partial charge is 0.342 e. The maximum absolute atomic E-state index is 12.0. The largest absolute Gasteiger partial charge is 0.507 e. The van der Waals surface area contributed by atoms with Crippen molar-refractivity contribution >= 4 is 33.5 Å². The lowest BCUT2D eigenvalue weighted by molar-refractivity contribution is -0.119. The molecule has 0 aromatic heterocycles. The zero-order valence-corrected chi connectivity index (χ0v) is 14.7. The van der Waals surface area contributed by atoms with Crippen molar-refractivity contribution in [1.82, 2.24) is 0 Å². The number of phenolic OH excluding ortho intramolecular Hbond substituents is 1. The van der Waals surface area contributed by atoms with Crippen molar-refractivity contribution in [3.05, 3.63) is 52.0 Å². The third kappa shape index (κ3) is 4.48. The van der Waals surface area contributed by atoms with E-state index in [4.69, 9.17) is 9.47 Å². The number of halogens is 1. The Hall–Kier alpha value is -2.54. The summed E-state index contributed by atoms with van der Waals surface area (Å²) in [4.78, 5) is 23.8. The van der Waals surface area contributed by atoms with Crippen LogP contribution in [0.2, 0.25) is 0 Å². The number of ether oxygens (including phenoxy) is 2. The molecule has 0 saturated heterocycles. The molecule has 0 spiro atoms. The van der Waals surface area contributed by atoms with Crippen LogP contribution in [-0.2, 0) is 9.53 Å². The molecule has 2 N–H and O–H groups in total. The Morgan fingerprint density at radius 2 is 1.96 bits per heavy atom. The van der Waals surface area contributed by atoms with E-state index in [0.717, 1.165) is 10.0 Å². The molecule has 126 valence electrons. The Morgan fingerprint density at radius 1 is 1.21 bits per heavy atom. The monoisotopic (exact) mass is 393 g/mol. The van der Waals surface area contributed by atoms with Crippen molar-refractivity contribution in [2.45, 2.75) is 6.92 Å². The van der Waals surface area contributed by atoms with E-state index in [0.29, 0.717) is 11.4 Å². The summed E-state index contributed by atoms with van der Waals surface area (Å²) in [5.41, 5.74) is 1.55. The number of benzene rings is 2. The summed E-state index contributed by atoms with van der Waals surface area (Å²) in [5, 5.41) is 12.3. The predicted molar refractivity (Wildman–Crippen MR) is 92.5 cm³/mol. The summed E-state index contributed by atoms with van der Waals surface area (Å²) in [6, 6.07) is 9.51. The lowest BCUT2D eigenvalue weighted by Crippen LogP contribution is -2.21. The molecule has 24 heavy (non-hydrogen) atoms. The normalized spacial score (nSPS) is 10.1. The van der Waals surface area contributed by atoms with E-state index in [1.165, 1.54) is 25.3 Å². The first-order valence-electron chi connectivity index (χ1n) is 7.01. The number of esters is 1. The van der Waals surface area contributed by atoms with E-state index in [9.17, 15) is 14.7 Å². The lowest BCUT2D eigenvalue weighted by atomic mass is 10.2. The number of hydrogen-bond acceptors (Lipinski definition) is 5. The third-order valence-electron chi connectivity index (χ3n) is 3.21. The minimum absolute atomic E-state index is 0.0692. The number of anilines is 1. The lowest BCUT2D eigenvalue weighted by Gasteiger charge is -2.09. The van der Waals surface area contributed by atoms with Gasteiger partial charge in [0.25, 0.3) is 5.91 Å². The Labute approximate surface area is 147 Å². The van der Waals surface area contributed by atoms with Crippen molar-refractivity contribution in [3.63, 3.8) is 0 Å². The number of aryl methyl sites for hydroxylation is 1. The van der Waals surface area contributed by atoms with Gasteiger partial charge in [0.05, 0.1) is 7.11 Å². The minimum Gasteiger partial charge on any atom is -0.507 e. The summed E-state index contributed by atoms with van der Waals surface area (Å²) in [6.07, 6.45) is 0. The predicted octanol–water partition coefficient (Wildman–Crippen LogP) is 3.27. The second-order valence-corrected chi connectivity index (χ2v) is 5.83. The molecule has 0 fully saturated rings. The number of hydrogen-bond donors (Lipinski definition) is 2. The molecular formula is C17H16BrNO5. The molecule has 0 heterocycles. The standard InChI is InChI=1S/C17H16BrNO5/c1-10-3-4-11(7-14(10)18)19-16(21)9-24-17(22)13-8-12(23-2)5-6-15(13)20/h3-8,20H,9H2,1-2H3,(H,19,21). The van der Waals surface area contributed by atoms with Crippen LogP contribution in [0.15, 0.2) is 40.9 Å². The number of phenols is 1. The van der Waals surface area contributed by atoms with E-state index in [-0.39, 0.29) is 11.3 Å². The molecule has 0 saturated carbocycles. The van der Waals surface area contributed by atoms with Gasteiger partial charge in [0.1, 0.15) is 17.1 Å². The first-order valence-corrected chi connectivity index (χ1v) is 7.80. The number of methoxy groups -OCH3 is 1. The first-order chi connectivity index (χ1) is 11.4. The van der Waals surface area contributed by atoms with Gasteiger partial charge in [-0.25, -0.2) is 4.79 Å². The van der Waals surface area contributed by atoms with Crippen LogP contribution in [-0.4, -0.2) is 30.7 Å². The number of carbonyl (C=O) groups is 2. The van der Waals surface area contributed by atoms with Gasteiger partial charge in [0, 0.05) is 10.2 Å². The van der Waals surface area contributed by atoms with Gasteiger partial charge in [0.15, 0.2) is 6.61 Å². The van der Waals surface area contributed by atoms with Gasteiger partial charge in [-0.15, -0.1) is 0 Å². The number of rotatable bonds is 5. The summed E-state index contributed by atoms with van der Waals surface area (Å²) in [5.74, 6) is -1.15. The van der Waals surface area contributed by atoms with Gasteiger partial charge in [-0.05, 0) is 42.8 Å². The van der Waals surface area contributed by atoms with Crippen LogP contribution in [0.4, 0.5) is 5.69 Å². The first kappa shape index (κ1) is 17.8. The van der Waals surface area contributed by atoms with Crippen molar-refractivity contribution in [1.29, 1.82) is 0 Å². The Balaban J connectivity index is 1.96. The maximum Gasteiger partial charge on any atom is 0.342 e. The van der Waals surface area contributed by atoms with Crippen LogP contribution >= 0.6 is 15.9 Å². The van der Waals surface area contributed by atoms with E-state index in [1.54, 1.807) is 12.1 Å². The zero-order chi connectivity index (χ0) is 17.7. The summed E-state index contributed by atoms with van der Waals surface area (Å²) in [6.45, 7) is 1.46. The SMILES string of the molecule is COc1ccc(O)c(C(=O)OCC(=O)Nc2ccc(C)c(Br)c2)c1. The van der Waals surface area contributed by atoms with E-state index >= 15 is 0 Å². The van der Waals surface area contributed by atoms with E-state index in [2.05, 4.69) is 21.2 Å². The van der Waals surface area contributed by atoms with Gasteiger partial charge >= 0.3 is 5.97 Å². The second-order valence-electron chi connectivity index (χ2n) is 4.97. The topological polar surface area (TPSA) is 84.9 Å². The Bertz CT molecular complexity index is 776. The van der Waals surface area contributed by atoms with Gasteiger partial charge in [0.2, 0.25) is 0 Å². The van der Waals surface area contributed by atoms with Crippen LogP contribution in [0, 0.1) is 6.92 Å². The molecule has 0 aliphatic heterocycles. The highest BCUT2D eigenvalue weighted by Gasteiger charge is 2.15. The quantitative estimate of drug-likeness (QED) is 0.761. The fraction of sp³-hybridized carbons (Fsp3) is 0.176. The van der Waals surface area contributed by atoms with E-state index < -0.39 is 18.5 Å². The molecule has 7 heteroatoms. The molecule has 2 aromatic carbocycles. The van der Waals surface area contributed by atoms with Crippen molar-refractivity contribution in [2.75, 3.05) is 19.0 Å². The highest BCUT2D eigenvalue weighted by molar-refractivity contribution is 9.10. The fourth-order valence-electron chi connectivity index (χ4n) is 1.88. The van der Waals surface area contributed by atoms with Crippen molar-refractivity contribution in [2.24, 2.45) is 0 Å². The zero-order valence-electron chi connectivity index (χ0n) is 13.1. The molecule has 0 unspecified atom stereocenters. The van der Waals surface area contributed by atoms with Crippen LogP contribution in [0.3, 0.4) is 0 Å². The van der Waals surface area contributed by atoms with Gasteiger partial charge in [-0.3, -0.25) is 4.79 Å². The average molecular weight is 394 g/mol. The molecule has 0 aliphatic carbocycles. The summed E-state index contributed by atoms with van der Waals surface area (Å²) >= 11 is 3.37. The van der Waals surface area contributed by atoms with Crippen molar-refractivity contribution in [3.8, 4) is 11.5 Å². The molecule has 2 aromatic rings. The van der Waals surface area contributed by atoms with E-state index in [1.807, 2.05) is 13.0 Å². The van der Waals surface area contributed by atoms with Gasteiger partial charge < -0.3 is 19.9 Å². The molecular weight excluding hydrogens is 378 g/mol. The molecule has 0 radical (unpaired) electrons. The average Bonchev–Trinajstić information content (AvgIpc) is 2.56. The Kier molecular flexibility index (Phi) is 5.81.